The molecule has 7 nitrogen and oxygen atoms in total. The first kappa shape index (κ1) is 15.3. The molecule has 1 fully saturated rings. The fraction of sp³-hybridized carbons (Fsp3) is 0.429. The van der Waals surface area contributed by atoms with Gasteiger partial charge in [-0.05, 0) is 25.2 Å². The first-order valence-corrected chi connectivity index (χ1v) is 6.73. The minimum atomic E-state index is -0.515. The summed E-state index contributed by atoms with van der Waals surface area (Å²) in [4.78, 5) is 25.8. The Morgan fingerprint density at radius 2 is 1.90 bits per heavy atom. The summed E-state index contributed by atoms with van der Waals surface area (Å²) in [6, 6.07) is 4.55. The molecule has 1 saturated heterocycles. The Morgan fingerprint density at radius 1 is 1.24 bits per heavy atom. The Bertz CT molecular complexity index is 539. The summed E-state index contributed by atoms with van der Waals surface area (Å²) in [5, 5.41) is 1.88. The van der Waals surface area contributed by atoms with E-state index in [1.165, 1.54) is 19.2 Å². The summed E-state index contributed by atoms with van der Waals surface area (Å²) in [5.41, 5.74) is 9.53. The highest BCUT2D eigenvalue weighted by Crippen LogP contribution is 2.15. The molecule has 1 aromatic rings. The van der Waals surface area contributed by atoms with Gasteiger partial charge in [-0.3, -0.25) is 10.2 Å². The number of esters is 1. The van der Waals surface area contributed by atoms with Gasteiger partial charge in [0.25, 0.3) is 5.91 Å². The van der Waals surface area contributed by atoms with Crippen LogP contribution < -0.4 is 11.2 Å². The van der Waals surface area contributed by atoms with E-state index in [-0.39, 0.29) is 17.2 Å². The number of hydrazine groups is 1. The number of carbonyl (C=O) groups is 2. The van der Waals surface area contributed by atoms with Crippen LogP contribution in [0, 0.1) is 0 Å². The highest BCUT2D eigenvalue weighted by molar-refractivity contribution is 5.99. The van der Waals surface area contributed by atoms with Gasteiger partial charge in [0.1, 0.15) is 0 Å². The van der Waals surface area contributed by atoms with Gasteiger partial charge >= 0.3 is 5.97 Å². The van der Waals surface area contributed by atoms with Crippen molar-refractivity contribution in [1.82, 2.24) is 15.3 Å². The summed E-state index contributed by atoms with van der Waals surface area (Å²) in [6.45, 7) is 3.36. The fourth-order valence-corrected chi connectivity index (χ4v) is 2.13. The lowest BCUT2D eigenvalue weighted by Gasteiger charge is -2.32. The van der Waals surface area contributed by atoms with Gasteiger partial charge in [-0.1, -0.05) is 0 Å². The van der Waals surface area contributed by atoms with Crippen LogP contribution in [0.25, 0.3) is 0 Å². The maximum Gasteiger partial charge on any atom is 0.339 e. The molecule has 2 rings (SSSR count). The predicted molar refractivity (Wildman–Crippen MR) is 78.7 cm³/mol. The van der Waals surface area contributed by atoms with E-state index in [2.05, 4.69) is 15.1 Å². The number of likely N-dealkylation sites (N-methyl/N-ethyl adjacent to an activating group) is 1. The zero-order valence-corrected chi connectivity index (χ0v) is 12.3. The van der Waals surface area contributed by atoms with Gasteiger partial charge in [0.2, 0.25) is 0 Å². The zero-order chi connectivity index (χ0) is 15.4. The number of ether oxygens (including phenoxy) is 1. The largest absolute Gasteiger partial charge is 0.465 e. The Labute approximate surface area is 123 Å². The molecule has 0 unspecified atom stereocenters. The van der Waals surface area contributed by atoms with Crippen molar-refractivity contribution in [3.63, 3.8) is 0 Å². The Balaban J connectivity index is 2.03. The minimum Gasteiger partial charge on any atom is -0.465 e. The van der Waals surface area contributed by atoms with Crippen LogP contribution in [0.1, 0.15) is 20.7 Å². The number of nitrogens with one attached hydrogen (secondary N) is 1. The quantitative estimate of drug-likeness (QED) is 0.600. The van der Waals surface area contributed by atoms with Crippen molar-refractivity contribution >= 4 is 17.6 Å². The third kappa shape index (κ3) is 3.71. The normalized spacial score (nSPS) is 16.5. The molecule has 0 spiro atoms. The van der Waals surface area contributed by atoms with Gasteiger partial charge in [-0.25, -0.2) is 9.80 Å². The third-order valence-electron chi connectivity index (χ3n) is 3.48. The van der Waals surface area contributed by atoms with E-state index in [0.29, 0.717) is 5.56 Å². The topological polar surface area (TPSA) is 87.9 Å². The van der Waals surface area contributed by atoms with E-state index in [4.69, 9.17) is 5.73 Å². The first-order valence-electron chi connectivity index (χ1n) is 6.73. The van der Waals surface area contributed by atoms with Gasteiger partial charge in [0.15, 0.2) is 0 Å². The number of anilines is 1. The van der Waals surface area contributed by atoms with Gasteiger partial charge in [-0.2, -0.15) is 0 Å². The number of methoxy groups -OCH3 is 1. The van der Waals surface area contributed by atoms with Crippen LogP contribution in [0.15, 0.2) is 18.2 Å². The number of rotatable bonds is 3. The van der Waals surface area contributed by atoms with Gasteiger partial charge in [0.05, 0.1) is 12.7 Å². The van der Waals surface area contributed by atoms with Crippen molar-refractivity contribution in [2.24, 2.45) is 0 Å². The lowest BCUT2D eigenvalue weighted by atomic mass is 10.1. The van der Waals surface area contributed by atoms with E-state index in [1.54, 1.807) is 6.07 Å². The van der Waals surface area contributed by atoms with Crippen molar-refractivity contribution in [2.75, 3.05) is 46.1 Å². The molecule has 0 aliphatic carbocycles. The van der Waals surface area contributed by atoms with Crippen LogP contribution in [0.3, 0.4) is 0 Å². The van der Waals surface area contributed by atoms with Gasteiger partial charge in [-0.15, -0.1) is 0 Å². The van der Waals surface area contributed by atoms with Crippen molar-refractivity contribution < 1.29 is 14.3 Å². The third-order valence-corrected chi connectivity index (χ3v) is 3.48. The Kier molecular flexibility index (Phi) is 4.77. The van der Waals surface area contributed by atoms with Crippen molar-refractivity contribution in [1.29, 1.82) is 0 Å². The van der Waals surface area contributed by atoms with Crippen LogP contribution in [-0.4, -0.2) is 62.1 Å². The molecule has 3 N–H and O–H groups in total. The second-order valence-corrected chi connectivity index (χ2v) is 5.02. The molecule has 114 valence electrons. The number of nitrogen functional groups attached to an aromatic ring is 1. The highest BCUT2D eigenvalue weighted by atomic mass is 16.5. The van der Waals surface area contributed by atoms with E-state index in [9.17, 15) is 9.59 Å². The van der Waals surface area contributed by atoms with Crippen LogP contribution in [-0.2, 0) is 4.74 Å². The number of piperazine rings is 1. The average molecular weight is 292 g/mol. The summed E-state index contributed by atoms with van der Waals surface area (Å²) in [7, 11) is 3.33. The number of hydrogen-bond acceptors (Lipinski definition) is 6. The zero-order valence-electron chi connectivity index (χ0n) is 12.3. The summed E-state index contributed by atoms with van der Waals surface area (Å²) in [5.74, 6) is -0.749. The molecule has 0 saturated carbocycles. The van der Waals surface area contributed by atoms with E-state index in [0.717, 1.165) is 26.2 Å². The number of hydrogen-bond donors (Lipinski definition) is 2. The molecular formula is C14H20N4O3. The number of amides is 1. The molecular weight excluding hydrogens is 272 g/mol. The molecule has 0 bridgehead atoms. The molecule has 7 heteroatoms. The summed E-state index contributed by atoms with van der Waals surface area (Å²) < 4.78 is 4.62. The second-order valence-electron chi connectivity index (χ2n) is 5.02. The smallest absolute Gasteiger partial charge is 0.339 e. The number of nitrogens with two attached hydrogens (primary N) is 1. The molecule has 1 aromatic carbocycles. The van der Waals surface area contributed by atoms with Crippen LogP contribution in [0.4, 0.5) is 5.69 Å². The van der Waals surface area contributed by atoms with Crippen LogP contribution in [0.5, 0.6) is 0 Å². The molecule has 0 atom stereocenters. The van der Waals surface area contributed by atoms with Crippen molar-refractivity contribution in [3.8, 4) is 0 Å². The Morgan fingerprint density at radius 3 is 2.48 bits per heavy atom. The van der Waals surface area contributed by atoms with E-state index < -0.39 is 5.97 Å². The standard InChI is InChI=1S/C14H20N4O3/c1-17-5-7-18(8-6-17)16-13(19)10-3-4-11(12(15)9-10)14(20)21-2/h3-4,9H,5-8,15H2,1-2H3,(H,16,19). The van der Waals surface area contributed by atoms with Crippen LogP contribution in [0.2, 0.25) is 0 Å². The second kappa shape index (κ2) is 6.55. The number of carbonyl (C=O) groups excluding carboxylic acids is 2. The van der Waals surface area contributed by atoms with Gasteiger partial charge < -0.3 is 15.4 Å². The first-order chi connectivity index (χ1) is 10.0. The summed E-state index contributed by atoms with van der Waals surface area (Å²) >= 11 is 0. The molecule has 21 heavy (non-hydrogen) atoms. The van der Waals surface area contributed by atoms with Gasteiger partial charge in [0, 0.05) is 37.4 Å². The molecule has 0 radical (unpaired) electrons. The Hall–Kier alpha value is -2.12. The monoisotopic (exact) mass is 292 g/mol. The summed E-state index contributed by atoms with van der Waals surface area (Å²) in [6.07, 6.45) is 0. The minimum absolute atomic E-state index is 0.230. The molecule has 1 heterocycles. The molecule has 0 aromatic heterocycles. The van der Waals surface area contributed by atoms with Crippen LogP contribution >= 0.6 is 0 Å². The maximum atomic E-state index is 12.2. The number of nitrogens with zero attached hydrogens (tertiary/aromatic N) is 2. The molecule has 1 aliphatic heterocycles. The van der Waals surface area contributed by atoms with Crippen molar-refractivity contribution in [2.45, 2.75) is 0 Å². The van der Waals surface area contributed by atoms with E-state index >= 15 is 0 Å². The SMILES string of the molecule is COC(=O)c1ccc(C(=O)NN2CCN(C)CC2)cc1N. The lowest BCUT2D eigenvalue weighted by molar-refractivity contribution is 0.0600. The molecule has 1 amide bonds. The molecule has 1 aliphatic rings. The van der Waals surface area contributed by atoms with E-state index in [1.807, 2.05) is 12.1 Å². The fourth-order valence-electron chi connectivity index (χ4n) is 2.13. The van der Waals surface area contributed by atoms with Crippen molar-refractivity contribution in [3.05, 3.63) is 29.3 Å². The average Bonchev–Trinajstić information content (AvgIpc) is 2.48. The maximum absolute atomic E-state index is 12.2. The highest BCUT2D eigenvalue weighted by Gasteiger charge is 2.18. The number of benzene rings is 1. The lowest BCUT2D eigenvalue weighted by Crippen LogP contribution is -2.52. The predicted octanol–water partition coefficient (Wildman–Crippen LogP) is -0.0524.